The Balaban J connectivity index is 1.75. The van der Waals surface area contributed by atoms with Crippen molar-refractivity contribution in [2.75, 3.05) is 25.5 Å². The molecule has 1 aromatic carbocycles. The second kappa shape index (κ2) is 7.00. The molecular formula is C18H21F3N4. The van der Waals surface area contributed by atoms with Crippen LogP contribution in [0.3, 0.4) is 0 Å². The van der Waals surface area contributed by atoms with Gasteiger partial charge in [-0.2, -0.15) is 13.2 Å². The van der Waals surface area contributed by atoms with Gasteiger partial charge < -0.3 is 10.2 Å². The highest BCUT2D eigenvalue weighted by atomic mass is 19.4. The standard InChI is InChI=1S/C18H21F3N4/c1-12-10-16(22-15-4-3-9-25(2)11-15)23-24-17(12)13-5-7-14(8-6-13)18(19,20)21/h5-8,10,15H,3-4,9,11H2,1-2H3,(H,22,23)/t15-/m1/s1. The largest absolute Gasteiger partial charge is 0.416 e. The van der Waals surface area contributed by atoms with E-state index in [1.54, 1.807) is 0 Å². The van der Waals surface area contributed by atoms with Crippen molar-refractivity contribution >= 4 is 5.82 Å². The van der Waals surface area contributed by atoms with E-state index in [1.165, 1.54) is 12.1 Å². The zero-order valence-corrected chi connectivity index (χ0v) is 14.3. The monoisotopic (exact) mass is 350 g/mol. The first-order valence-electron chi connectivity index (χ1n) is 8.30. The normalized spacial score (nSPS) is 19.0. The Morgan fingerprint density at radius 3 is 2.48 bits per heavy atom. The molecule has 1 aromatic heterocycles. The van der Waals surface area contributed by atoms with Crippen molar-refractivity contribution in [3.63, 3.8) is 0 Å². The maximum Gasteiger partial charge on any atom is 0.416 e. The molecule has 1 aliphatic heterocycles. The number of hydrogen-bond donors (Lipinski definition) is 1. The highest BCUT2D eigenvalue weighted by Crippen LogP contribution is 2.31. The molecule has 1 aliphatic rings. The van der Waals surface area contributed by atoms with Crippen LogP contribution in [0.4, 0.5) is 19.0 Å². The summed E-state index contributed by atoms with van der Waals surface area (Å²) in [4.78, 5) is 2.28. The van der Waals surface area contributed by atoms with Gasteiger partial charge in [0.25, 0.3) is 0 Å². The fourth-order valence-corrected chi connectivity index (χ4v) is 3.15. The van der Waals surface area contributed by atoms with Crippen LogP contribution in [0.25, 0.3) is 11.3 Å². The number of alkyl halides is 3. The number of nitrogens with zero attached hydrogens (tertiary/aromatic N) is 3. The van der Waals surface area contributed by atoms with Crippen LogP contribution in [0.5, 0.6) is 0 Å². The lowest BCUT2D eigenvalue weighted by Crippen LogP contribution is -2.39. The van der Waals surface area contributed by atoms with Gasteiger partial charge in [-0.1, -0.05) is 12.1 Å². The van der Waals surface area contributed by atoms with Crippen molar-refractivity contribution in [3.05, 3.63) is 41.5 Å². The van der Waals surface area contributed by atoms with Gasteiger partial charge in [-0.05, 0) is 57.1 Å². The van der Waals surface area contributed by atoms with Crippen LogP contribution < -0.4 is 5.32 Å². The summed E-state index contributed by atoms with van der Waals surface area (Å²) in [5, 5.41) is 11.8. The molecule has 25 heavy (non-hydrogen) atoms. The van der Waals surface area contributed by atoms with Crippen molar-refractivity contribution in [2.24, 2.45) is 0 Å². The van der Waals surface area contributed by atoms with Crippen LogP contribution in [0.2, 0.25) is 0 Å². The van der Waals surface area contributed by atoms with E-state index in [9.17, 15) is 13.2 Å². The minimum absolute atomic E-state index is 0.337. The number of likely N-dealkylation sites (tertiary alicyclic amines) is 1. The molecular weight excluding hydrogens is 329 g/mol. The third kappa shape index (κ3) is 4.28. The summed E-state index contributed by atoms with van der Waals surface area (Å²) < 4.78 is 38.0. The van der Waals surface area contributed by atoms with Crippen molar-refractivity contribution < 1.29 is 13.2 Å². The lowest BCUT2D eigenvalue weighted by atomic mass is 10.0. The quantitative estimate of drug-likeness (QED) is 0.909. The molecule has 3 rings (SSSR count). The number of benzene rings is 1. The van der Waals surface area contributed by atoms with Crippen LogP contribution in [0.15, 0.2) is 30.3 Å². The average molecular weight is 350 g/mol. The van der Waals surface area contributed by atoms with Gasteiger partial charge in [0.15, 0.2) is 0 Å². The van der Waals surface area contributed by atoms with E-state index >= 15 is 0 Å². The Morgan fingerprint density at radius 1 is 1.16 bits per heavy atom. The third-order valence-corrected chi connectivity index (χ3v) is 4.45. The first kappa shape index (κ1) is 17.7. The summed E-state index contributed by atoms with van der Waals surface area (Å²) in [6, 6.07) is 7.24. The van der Waals surface area contributed by atoms with Gasteiger partial charge in [-0.15, -0.1) is 10.2 Å². The summed E-state index contributed by atoms with van der Waals surface area (Å²) in [7, 11) is 2.10. The van der Waals surface area contributed by atoms with E-state index in [-0.39, 0.29) is 0 Å². The highest BCUT2D eigenvalue weighted by molar-refractivity contribution is 5.64. The molecule has 0 saturated carbocycles. The van der Waals surface area contributed by atoms with Crippen molar-refractivity contribution in [1.29, 1.82) is 0 Å². The Labute approximate surface area is 145 Å². The predicted octanol–water partition coefficient (Wildman–Crippen LogP) is 3.98. The molecule has 0 spiro atoms. The Morgan fingerprint density at radius 2 is 1.88 bits per heavy atom. The molecule has 0 radical (unpaired) electrons. The molecule has 2 heterocycles. The van der Waals surface area contributed by atoms with Gasteiger partial charge >= 0.3 is 6.18 Å². The minimum Gasteiger partial charge on any atom is -0.365 e. The summed E-state index contributed by atoms with van der Waals surface area (Å²) in [5.41, 5.74) is 1.44. The molecule has 4 nitrogen and oxygen atoms in total. The van der Waals surface area contributed by atoms with Crippen molar-refractivity contribution in [3.8, 4) is 11.3 Å². The fraction of sp³-hybridized carbons (Fsp3) is 0.444. The van der Waals surface area contributed by atoms with Gasteiger partial charge in [0.05, 0.1) is 11.3 Å². The fourth-order valence-electron chi connectivity index (χ4n) is 3.15. The summed E-state index contributed by atoms with van der Waals surface area (Å²) in [6.45, 7) is 3.96. The topological polar surface area (TPSA) is 41.0 Å². The van der Waals surface area contributed by atoms with Gasteiger partial charge in [0, 0.05) is 18.2 Å². The number of nitrogens with one attached hydrogen (secondary N) is 1. The zero-order valence-electron chi connectivity index (χ0n) is 14.3. The van der Waals surface area contributed by atoms with Crippen molar-refractivity contribution in [2.45, 2.75) is 32.0 Å². The molecule has 134 valence electrons. The number of rotatable bonds is 3. The van der Waals surface area contributed by atoms with Gasteiger partial charge in [-0.25, -0.2) is 0 Å². The van der Waals surface area contributed by atoms with Crippen LogP contribution in [0, 0.1) is 6.92 Å². The summed E-state index contributed by atoms with van der Waals surface area (Å²) >= 11 is 0. The molecule has 2 aromatic rings. The molecule has 0 unspecified atom stereocenters. The zero-order chi connectivity index (χ0) is 18.0. The Bertz CT molecular complexity index is 728. The average Bonchev–Trinajstić information content (AvgIpc) is 2.54. The molecule has 1 fully saturated rings. The number of hydrogen-bond acceptors (Lipinski definition) is 4. The number of halogens is 3. The third-order valence-electron chi connectivity index (χ3n) is 4.45. The predicted molar refractivity (Wildman–Crippen MR) is 91.3 cm³/mol. The van der Waals surface area contributed by atoms with Gasteiger partial charge in [0.2, 0.25) is 0 Å². The van der Waals surface area contributed by atoms with Crippen molar-refractivity contribution in [1.82, 2.24) is 15.1 Å². The molecule has 0 bridgehead atoms. The Kier molecular flexibility index (Phi) is 4.94. The first-order valence-corrected chi connectivity index (χ1v) is 8.30. The molecule has 1 saturated heterocycles. The molecule has 1 atom stereocenters. The van der Waals surface area contributed by atoms with Gasteiger partial charge in [-0.3, -0.25) is 0 Å². The van der Waals surface area contributed by atoms with E-state index in [1.807, 2.05) is 13.0 Å². The number of aromatic nitrogens is 2. The second-order valence-corrected chi connectivity index (χ2v) is 6.58. The van der Waals surface area contributed by atoms with E-state index in [0.717, 1.165) is 43.6 Å². The number of likely N-dealkylation sites (N-methyl/N-ethyl adjacent to an activating group) is 1. The minimum atomic E-state index is -4.33. The maximum absolute atomic E-state index is 12.7. The van der Waals surface area contributed by atoms with Crippen LogP contribution in [-0.4, -0.2) is 41.3 Å². The van der Waals surface area contributed by atoms with Crippen LogP contribution in [-0.2, 0) is 6.18 Å². The maximum atomic E-state index is 12.7. The van der Waals surface area contributed by atoms with Crippen LogP contribution in [0.1, 0.15) is 24.0 Å². The molecule has 0 amide bonds. The van der Waals surface area contributed by atoms with E-state index in [4.69, 9.17) is 0 Å². The lowest BCUT2D eigenvalue weighted by Gasteiger charge is -2.30. The number of piperidine rings is 1. The summed E-state index contributed by atoms with van der Waals surface area (Å²) in [6.07, 6.45) is -2.10. The number of aryl methyl sites for hydroxylation is 1. The Hall–Kier alpha value is -2.15. The summed E-state index contributed by atoms with van der Waals surface area (Å²) in [5.74, 6) is 0.702. The molecule has 1 N–H and O–H groups in total. The highest BCUT2D eigenvalue weighted by Gasteiger charge is 2.30. The first-order chi connectivity index (χ1) is 11.8. The van der Waals surface area contributed by atoms with E-state index < -0.39 is 11.7 Å². The SMILES string of the molecule is Cc1cc(N[C@@H]2CCCN(C)C2)nnc1-c1ccc(C(F)(F)F)cc1. The smallest absolute Gasteiger partial charge is 0.365 e. The van der Waals surface area contributed by atoms with E-state index in [0.29, 0.717) is 23.1 Å². The van der Waals surface area contributed by atoms with E-state index in [2.05, 4.69) is 27.5 Å². The second-order valence-electron chi connectivity index (χ2n) is 6.58. The molecule has 0 aliphatic carbocycles. The number of anilines is 1. The van der Waals surface area contributed by atoms with Crippen LogP contribution >= 0.6 is 0 Å². The lowest BCUT2D eigenvalue weighted by molar-refractivity contribution is -0.137. The molecule has 7 heteroatoms. The van der Waals surface area contributed by atoms with Gasteiger partial charge in [0.1, 0.15) is 5.82 Å².